The number of pyridine rings is 1. The fourth-order valence-electron chi connectivity index (χ4n) is 3.52. The van der Waals surface area contributed by atoms with Crippen LogP contribution in [0.1, 0.15) is 38.3 Å². The molecule has 28 heavy (non-hydrogen) atoms. The van der Waals surface area contributed by atoms with Crippen molar-refractivity contribution in [2.45, 2.75) is 19.9 Å². The minimum absolute atomic E-state index is 0.0445. The molecule has 7 nitrogen and oxygen atoms in total. The fraction of sp³-hybridized carbons (Fsp3) is 0.150. The topological polar surface area (TPSA) is 89.2 Å². The average Bonchev–Trinajstić information content (AvgIpc) is 3.24. The zero-order chi connectivity index (χ0) is 19.4. The van der Waals surface area contributed by atoms with E-state index in [9.17, 15) is 9.59 Å². The van der Waals surface area contributed by atoms with Gasteiger partial charge in [-0.3, -0.25) is 19.5 Å². The van der Waals surface area contributed by atoms with Crippen LogP contribution in [0.15, 0.2) is 51.9 Å². The molecular formula is C20H14N4O3S. The van der Waals surface area contributed by atoms with Crippen LogP contribution in [0.4, 0.5) is 5.13 Å². The van der Waals surface area contributed by atoms with Crippen LogP contribution in [0.3, 0.4) is 0 Å². The molecule has 1 amide bonds. The molecule has 0 saturated heterocycles. The van der Waals surface area contributed by atoms with E-state index < -0.39 is 11.9 Å². The van der Waals surface area contributed by atoms with Crippen LogP contribution in [-0.4, -0.2) is 21.1 Å². The van der Waals surface area contributed by atoms with Gasteiger partial charge in [0.25, 0.3) is 5.91 Å². The molecule has 4 heterocycles. The van der Waals surface area contributed by atoms with E-state index in [1.165, 1.54) is 16.2 Å². The number of rotatable bonds is 2. The standard InChI is InChI=1S/C20H14N4O3S/c1-10-5-6-14-13(8-10)17(25)15-16(12-4-3-7-21-9-12)24(19(26)18(15)27-14)20-23-22-11(2)28-20/h3-9,16H,1-2H3. The molecule has 1 atom stereocenters. The minimum Gasteiger partial charge on any atom is -0.450 e. The molecule has 8 heteroatoms. The summed E-state index contributed by atoms with van der Waals surface area (Å²) < 4.78 is 5.91. The van der Waals surface area contributed by atoms with Gasteiger partial charge in [0.15, 0.2) is 5.43 Å². The number of aromatic nitrogens is 3. The first kappa shape index (κ1) is 16.8. The second-order valence-corrected chi connectivity index (χ2v) is 7.80. The van der Waals surface area contributed by atoms with Gasteiger partial charge in [-0.15, -0.1) is 10.2 Å². The molecule has 0 fully saturated rings. The zero-order valence-electron chi connectivity index (χ0n) is 15.0. The monoisotopic (exact) mass is 390 g/mol. The van der Waals surface area contributed by atoms with Crippen LogP contribution >= 0.6 is 11.3 Å². The predicted molar refractivity (Wildman–Crippen MR) is 105 cm³/mol. The maximum absolute atomic E-state index is 13.4. The van der Waals surface area contributed by atoms with E-state index in [1.54, 1.807) is 30.6 Å². The summed E-state index contributed by atoms with van der Waals surface area (Å²) in [6, 6.07) is 8.29. The molecule has 4 aromatic rings. The first-order chi connectivity index (χ1) is 13.5. The van der Waals surface area contributed by atoms with Crippen molar-refractivity contribution >= 4 is 33.3 Å². The van der Waals surface area contributed by atoms with E-state index >= 15 is 0 Å². The number of carbonyl (C=O) groups is 1. The van der Waals surface area contributed by atoms with Crippen molar-refractivity contribution in [1.29, 1.82) is 0 Å². The van der Waals surface area contributed by atoms with E-state index in [0.717, 1.165) is 10.6 Å². The highest BCUT2D eigenvalue weighted by Crippen LogP contribution is 2.41. The van der Waals surface area contributed by atoms with E-state index in [4.69, 9.17) is 4.42 Å². The number of nitrogens with zero attached hydrogens (tertiary/aromatic N) is 4. The van der Waals surface area contributed by atoms with Crippen molar-refractivity contribution in [2.24, 2.45) is 0 Å². The van der Waals surface area contributed by atoms with E-state index in [0.29, 0.717) is 27.2 Å². The lowest BCUT2D eigenvalue weighted by atomic mass is 10.00. The van der Waals surface area contributed by atoms with Gasteiger partial charge in [0.2, 0.25) is 10.9 Å². The van der Waals surface area contributed by atoms with Crippen LogP contribution < -0.4 is 10.3 Å². The maximum Gasteiger partial charge on any atom is 0.297 e. The number of hydrogen-bond acceptors (Lipinski definition) is 7. The third-order valence-corrected chi connectivity index (χ3v) is 5.59. The molecule has 0 spiro atoms. The fourth-order valence-corrected chi connectivity index (χ4v) is 4.23. The largest absolute Gasteiger partial charge is 0.450 e. The summed E-state index contributed by atoms with van der Waals surface area (Å²) in [5, 5.41) is 9.75. The van der Waals surface area contributed by atoms with Gasteiger partial charge in [-0.2, -0.15) is 0 Å². The summed E-state index contributed by atoms with van der Waals surface area (Å²) in [7, 11) is 0. The lowest BCUT2D eigenvalue weighted by molar-refractivity contribution is 0.0970. The van der Waals surface area contributed by atoms with Crippen molar-refractivity contribution in [3.05, 3.63) is 80.4 Å². The molecule has 1 aliphatic rings. The van der Waals surface area contributed by atoms with Crippen molar-refractivity contribution in [3.63, 3.8) is 0 Å². The molecule has 5 rings (SSSR count). The van der Waals surface area contributed by atoms with Crippen LogP contribution in [0.5, 0.6) is 0 Å². The summed E-state index contributed by atoms with van der Waals surface area (Å²) >= 11 is 1.29. The van der Waals surface area contributed by atoms with E-state index in [1.807, 2.05) is 26.0 Å². The van der Waals surface area contributed by atoms with Gasteiger partial charge in [0.05, 0.1) is 17.0 Å². The van der Waals surface area contributed by atoms with Gasteiger partial charge < -0.3 is 4.42 Å². The Bertz CT molecular complexity index is 1300. The third-order valence-electron chi connectivity index (χ3n) is 4.75. The summed E-state index contributed by atoms with van der Waals surface area (Å²) in [6.07, 6.45) is 3.29. The van der Waals surface area contributed by atoms with Crippen molar-refractivity contribution < 1.29 is 9.21 Å². The smallest absolute Gasteiger partial charge is 0.297 e. The van der Waals surface area contributed by atoms with Crippen LogP contribution in [0.25, 0.3) is 11.0 Å². The highest BCUT2D eigenvalue weighted by Gasteiger charge is 2.45. The van der Waals surface area contributed by atoms with Gasteiger partial charge in [-0.1, -0.05) is 29.0 Å². The Morgan fingerprint density at radius 1 is 1.14 bits per heavy atom. The maximum atomic E-state index is 13.4. The van der Waals surface area contributed by atoms with Crippen LogP contribution in [0, 0.1) is 13.8 Å². The number of anilines is 1. The number of aryl methyl sites for hydroxylation is 2. The predicted octanol–water partition coefficient (Wildman–Crippen LogP) is 3.41. The second-order valence-electron chi connectivity index (χ2n) is 6.64. The first-order valence-electron chi connectivity index (χ1n) is 8.65. The minimum atomic E-state index is -0.662. The van der Waals surface area contributed by atoms with Gasteiger partial charge in [-0.05, 0) is 37.6 Å². The quantitative estimate of drug-likeness (QED) is 0.521. The number of fused-ring (bicyclic) bond motifs is 2. The molecular weight excluding hydrogens is 376 g/mol. The second kappa shape index (κ2) is 6.07. The van der Waals surface area contributed by atoms with Crippen molar-refractivity contribution in [1.82, 2.24) is 15.2 Å². The molecule has 0 saturated carbocycles. The Balaban J connectivity index is 1.84. The third kappa shape index (κ3) is 2.38. The van der Waals surface area contributed by atoms with E-state index in [2.05, 4.69) is 15.2 Å². The van der Waals surface area contributed by atoms with Crippen LogP contribution in [-0.2, 0) is 0 Å². The van der Waals surface area contributed by atoms with Crippen molar-refractivity contribution in [3.8, 4) is 0 Å². The van der Waals surface area contributed by atoms with Gasteiger partial charge >= 0.3 is 0 Å². The zero-order valence-corrected chi connectivity index (χ0v) is 15.9. The number of carbonyl (C=O) groups excluding carboxylic acids is 1. The Kier molecular flexibility index (Phi) is 3.63. The normalized spacial score (nSPS) is 16.0. The Labute approximate surface area is 163 Å². The van der Waals surface area contributed by atoms with Gasteiger partial charge in [-0.25, -0.2) is 0 Å². The summed E-state index contributed by atoms with van der Waals surface area (Å²) in [6.45, 7) is 3.72. The molecule has 1 unspecified atom stereocenters. The molecule has 1 aromatic carbocycles. The summed E-state index contributed by atoms with van der Waals surface area (Å²) in [5.41, 5.74) is 2.14. The number of hydrogen-bond donors (Lipinski definition) is 0. The van der Waals surface area contributed by atoms with Crippen LogP contribution in [0.2, 0.25) is 0 Å². The lowest BCUT2D eigenvalue weighted by Crippen LogP contribution is -2.29. The highest BCUT2D eigenvalue weighted by atomic mass is 32.1. The Hall–Kier alpha value is -3.39. The molecule has 0 N–H and O–H groups in total. The first-order valence-corrected chi connectivity index (χ1v) is 9.47. The Morgan fingerprint density at radius 3 is 2.71 bits per heavy atom. The molecule has 0 aliphatic carbocycles. The summed E-state index contributed by atoms with van der Waals surface area (Å²) in [5.74, 6) is -0.359. The number of benzene rings is 1. The highest BCUT2D eigenvalue weighted by molar-refractivity contribution is 7.15. The molecule has 138 valence electrons. The van der Waals surface area contributed by atoms with Gasteiger partial charge in [0, 0.05) is 12.4 Å². The van der Waals surface area contributed by atoms with Gasteiger partial charge in [0.1, 0.15) is 10.6 Å². The molecule has 3 aromatic heterocycles. The summed E-state index contributed by atoms with van der Waals surface area (Å²) in [4.78, 5) is 32.3. The molecule has 0 radical (unpaired) electrons. The van der Waals surface area contributed by atoms with Crippen molar-refractivity contribution in [2.75, 3.05) is 4.90 Å². The molecule has 0 bridgehead atoms. The number of amides is 1. The SMILES string of the molecule is Cc1ccc2oc3c(c(=O)c2c1)C(c1cccnc1)N(c1nnc(C)s1)C3=O. The Morgan fingerprint density at radius 2 is 2.00 bits per heavy atom. The molecule has 1 aliphatic heterocycles. The average molecular weight is 390 g/mol. The lowest BCUT2D eigenvalue weighted by Gasteiger charge is -2.21. The van der Waals surface area contributed by atoms with E-state index in [-0.39, 0.29) is 11.2 Å².